The topological polar surface area (TPSA) is 37.8 Å². The lowest BCUT2D eigenvalue weighted by Crippen LogP contribution is -2.37. The molecule has 1 N–H and O–H groups in total. The first-order chi connectivity index (χ1) is 21.2. The summed E-state index contributed by atoms with van der Waals surface area (Å²) in [5.41, 5.74) is 7.52. The highest BCUT2D eigenvalue weighted by atomic mass is 14.9. The molecule has 0 unspecified atom stereocenters. The van der Waals surface area contributed by atoms with E-state index in [2.05, 4.69) is 153 Å². The van der Waals surface area contributed by atoms with Crippen molar-refractivity contribution in [2.45, 2.75) is 20.3 Å². The zero-order chi connectivity index (χ0) is 29.2. The van der Waals surface area contributed by atoms with Crippen molar-refractivity contribution in [1.29, 1.82) is 0 Å². The number of allylic oxidation sites excluding steroid dienone is 3. The molecule has 3 nitrogen and oxygen atoms in total. The van der Waals surface area contributed by atoms with Crippen LogP contribution in [0.1, 0.15) is 26.0 Å². The van der Waals surface area contributed by atoms with Gasteiger partial charge in [-0.2, -0.15) is 0 Å². The van der Waals surface area contributed by atoms with Crippen LogP contribution in [-0.2, 0) is 0 Å². The van der Waals surface area contributed by atoms with Crippen molar-refractivity contribution in [2.75, 3.05) is 6.54 Å². The molecule has 0 spiro atoms. The van der Waals surface area contributed by atoms with Gasteiger partial charge in [-0.1, -0.05) is 122 Å². The summed E-state index contributed by atoms with van der Waals surface area (Å²) >= 11 is 0. The molecule has 0 aliphatic carbocycles. The fraction of sp³-hybridized carbons (Fsp3) is 0.100. The molecule has 6 aromatic rings. The van der Waals surface area contributed by atoms with Crippen molar-refractivity contribution in [1.82, 2.24) is 15.3 Å². The van der Waals surface area contributed by atoms with E-state index in [0.717, 1.165) is 41.3 Å². The number of aromatic nitrogens is 2. The van der Waals surface area contributed by atoms with Crippen molar-refractivity contribution >= 4 is 38.9 Å². The number of nitrogens with one attached hydrogen (secondary N) is 1. The first-order valence-electron chi connectivity index (χ1n) is 15.0. The average Bonchev–Trinajstić information content (AvgIpc) is 3.07. The second kappa shape index (κ2) is 11.5. The summed E-state index contributed by atoms with van der Waals surface area (Å²) in [7, 11) is 0. The molecule has 1 aliphatic rings. The minimum Gasteiger partial charge on any atom is -0.381 e. The SMILES string of the molecule is CC/C(=C\C=C(/C)C1=c2ccccc2=CCN1)c1cc(-c2ccc3ccccc3c2)nc(-c2ccc3ccccc3c2)n1. The van der Waals surface area contributed by atoms with Gasteiger partial charge in [-0.25, -0.2) is 9.97 Å². The fourth-order valence-electron chi connectivity index (χ4n) is 5.87. The number of hydrogen-bond donors (Lipinski definition) is 1. The highest BCUT2D eigenvalue weighted by Crippen LogP contribution is 2.30. The molecule has 0 atom stereocenters. The first kappa shape index (κ1) is 26.6. The average molecular weight is 556 g/mol. The molecule has 1 aliphatic heterocycles. The lowest BCUT2D eigenvalue weighted by Gasteiger charge is -2.15. The minimum atomic E-state index is 0.735. The Balaban J connectivity index is 1.37. The van der Waals surface area contributed by atoms with E-state index in [0.29, 0.717) is 0 Å². The van der Waals surface area contributed by atoms with E-state index < -0.39 is 0 Å². The lowest BCUT2D eigenvalue weighted by molar-refractivity contribution is 1.00. The van der Waals surface area contributed by atoms with E-state index in [4.69, 9.17) is 9.97 Å². The molecular weight excluding hydrogens is 522 g/mol. The Kier molecular flexibility index (Phi) is 7.14. The van der Waals surface area contributed by atoms with Gasteiger partial charge in [0.25, 0.3) is 0 Å². The second-order valence-corrected chi connectivity index (χ2v) is 11.0. The van der Waals surface area contributed by atoms with Crippen LogP contribution >= 0.6 is 0 Å². The molecule has 0 radical (unpaired) electrons. The minimum absolute atomic E-state index is 0.735. The molecular formula is C40H33N3. The standard InChI is InChI=1S/C40H33N3/c1-3-28(17-16-27(2)39-36-15-9-8-12-31(36)22-23-41-39)37-26-38(34-20-18-29-10-4-6-13-32(29)24-34)43-40(42-37)35-21-19-30-11-5-7-14-33(30)25-35/h4-22,24-26,41H,3,23H2,1-2H3/b27-16+,28-17+. The van der Waals surface area contributed by atoms with E-state index in [1.54, 1.807) is 0 Å². The van der Waals surface area contributed by atoms with Gasteiger partial charge in [-0.3, -0.25) is 0 Å². The largest absolute Gasteiger partial charge is 0.381 e. The van der Waals surface area contributed by atoms with Crippen LogP contribution in [0.4, 0.5) is 0 Å². The van der Waals surface area contributed by atoms with Gasteiger partial charge in [0.05, 0.1) is 11.4 Å². The molecule has 0 fully saturated rings. The number of fused-ring (bicyclic) bond motifs is 3. The maximum absolute atomic E-state index is 5.16. The van der Waals surface area contributed by atoms with E-state index in [-0.39, 0.29) is 0 Å². The maximum atomic E-state index is 5.16. The van der Waals surface area contributed by atoms with Gasteiger partial charge in [-0.15, -0.1) is 0 Å². The Bertz CT molecular complexity index is 2090. The molecule has 43 heavy (non-hydrogen) atoms. The highest BCUT2D eigenvalue weighted by molar-refractivity contribution is 5.89. The van der Waals surface area contributed by atoms with Gasteiger partial charge in [0, 0.05) is 28.6 Å². The molecule has 0 amide bonds. The molecule has 208 valence electrons. The van der Waals surface area contributed by atoms with E-state index in [9.17, 15) is 0 Å². The third kappa shape index (κ3) is 5.38. The van der Waals surface area contributed by atoms with Crippen LogP contribution in [0.2, 0.25) is 0 Å². The zero-order valence-corrected chi connectivity index (χ0v) is 24.5. The summed E-state index contributed by atoms with van der Waals surface area (Å²) in [6.45, 7) is 5.20. The summed E-state index contributed by atoms with van der Waals surface area (Å²) < 4.78 is 0. The van der Waals surface area contributed by atoms with Crippen LogP contribution in [0.3, 0.4) is 0 Å². The number of rotatable bonds is 6. The van der Waals surface area contributed by atoms with E-state index in [1.807, 2.05) is 0 Å². The van der Waals surface area contributed by atoms with Crippen LogP contribution in [0.5, 0.6) is 0 Å². The smallest absolute Gasteiger partial charge is 0.160 e. The third-order valence-electron chi connectivity index (χ3n) is 8.25. The summed E-state index contributed by atoms with van der Waals surface area (Å²) in [4.78, 5) is 10.3. The second-order valence-electron chi connectivity index (χ2n) is 11.0. The fourth-order valence-corrected chi connectivity index (χ4v) is 5.87. The van der Waals surface area contributed by atoms with Gasteiger partial charge >= 0.3 is 0 Å². The highest BCUT2D eigenvalue weighted by Gasteiger charge is 2.13. The van der Waals surface area contributed by atoms with Gasteiger partial charge in [-0.05, 0) is 69.5 Å². The van der Waals surface area contributed by atoms with E-state index >= 15 is 0 Å². The third-order valence-corrected chi connectivity index (χ3v) is 8.25. The van der Waals surface area contributed by atoms with Crippen molar-refractivity contribution in [3.8, 4) is 22.6 Å². The summed E-state index contributed by atoms with van der Waals surface area (Å²) in [6, 6.07) is 40.6. The van der Waals surface area contributed by atoms with Gasteiger partial charge in [0.15, 0.2) is 5.82 Å². The Morgan fingerprint density at radius 3 is 2.09 bits per heavy atom. The van der Waals surface area contributed by atoms with Crippen molar-refractivity contribution in [3.05, 3.63) is 149 Å². The van der Waals surface area contributed by atoms with Crippen LogP contribution < -0.4 is 15.8 Å². The predicted octanol–water partition coefficient (Wildman–Crippen LogP) is 8.05. The van der Waals surface area contributed by atoms with Gasteiger partial charge < -0.3 is 5.32 Å². The molecule has 0 saturated heterocycles. The van der Waals surface area contributed by atoms with E-state index in [1.165, 1.54) is 48.8 Å². The molecule has 0 saturated carbocycles. The van der Waals surface area contributed by atoms with Crippen LogP contribution in [0, 0.1) is 0 Å². The van der Waals surface area contributed by atoms with Crippen molar-refractivity contribution in [2.24, 2.45) is 0 Å². The predicted molar refractivity (Wildman–Crippen MR) is 182 cm³/mol. The van der Waals surface area contributed by atoms with Gasteiger partial charge in [0.2, 0.25) is 0 Å². The van der Waals surface area contributed by atoms with Gasteiger partial charge in [0.1, 0.15) is 0 Å². The normalized spacial score (nSPS) is 13.5. The lowest BCUT2D eigenvalue weighted by atomic mass is 10.0. The van der Waals surface area contributed by atoms with Crippen molar-refractivity contribution < 1.29 is 0 Å². The molecule has 3 heteroatoms. The Labute approximate surface area is 252 Å². The van der Waals surface area contributed by atoms with Crippen LogP contribution in [0.25, 0.3) is 61.5 Å². The Hall–Kier alpha value is -5.28. The molecule has 0 bridgehead atoms. The van der Waals surface area contributed by atoms with Crippen LogP contribution in [-0.4, -0.2) is 16.5 Å². The molecule has 2 heterocycles. The summed E-state index contributed by atoms with van der Waals surface area (Å²) in [6.07, 6.45) is 7.53. The number of hydrogen-bond acceptors (Lipinski definition) is 3. The Morgan fingerprint density at radius 1 is 0.698 bits per heavy atom. The summed E-state index contributed by atoms with van der Waals surface area (Å²) in [5.74, 6) is 0.735. The molecule has 7 rings (SSSR count). The van der Waals surface area contributed by atoms with Crippen LogP contribution in [0.15, 0.2) is 133 Å². The Morgan fingerprint density at radius 2 is 1.35 bits per heavy atom. The quantitative estimate of drug-likeness (QED) is 0.211. The maximum Gasteiger partial charge on any atom is 0.160 e. The molecule has 5 aromatic carbocycles. The number of nitrogens with zero attached hydrogens (tertiary/aromatic N) is 2. The summed E-state index contributed by atoms with van der Waals surface area (Å²) in [5, 5.41) is 10.9. The molecule has 1 aromatic heterocycles. The monoisotopic (exact) mass is 555 g/mol. The zero-order valence-electron chi connectivity index (χ0n) is 24.5. The van der Waals surface area contributed by atoms with Crippen molar-refractivity contribution in [3.63, 3.8) is 0 Å². The number of benzene rings is 5. The first-order valence-corrected chi connectivity index (χ1v) is 15.0.